The van der Waals surface area contributed by atoms with Crippen molar-refractivity contribution < 1.29 is 18.6 Å². The molecule has 2 aromatic rings. The summed E-state index contributed by atoms with van der Waals surface area (Å²) in [5.41, 5.74) is 0.413. The largest absolute Gasteiger partial charge is 0.451 e. The molecular formula is C14H11ClF2O2. The maximum Gasteiger partial charge on any atom is 0.184 e. The van der Waals surface area contributed by atoms with E-state index in [2.05, 4.69) is 0 Å². The Labute approximate surface area is 114 Å². The van der Waals surface area contributed by atoms with E-state index in [-0.39, 0.29) is 16.5 Å². The lowest BCUT2D eigenvalue weighted by molar-refractivity contribution is 0.198. The van der Waals surface area contributed by atoms with Crippen molar-refractivity contribution in [3.05, 3.63) is 58.6 Å². The normalized spacial score (nSPS) is 12.3. The van der Waals surface area contributed by atoms with Gasteiger partial charge >= 0.3 is 0 Å². The summed E-state index contributed by atoms with van der Waals surface area (Å²) in [4.78, 5) is 0. The minimum atomic E-state index is -0.786. The number of ether oxygens (including phenoxy) is 1. The Morgan fingerprint density at radius 2 is 1.89 bits per heavy atom. The van der Waals surface area contributed by atoms with Crippen LogP contribution in [0.3, 0.4) is 0 Å². The third kappa shape index (κ3) is 3.03. The van der Waals surface area contributed by atoms with Gasteiger partial charge in [-0.05, 0) is 36.8 Å². The molecule has 2 aromatic carbocycles. The second-order valence-corrected chi connectivity index (χ2v) is 4.43. The standard InChI is InChI=1S/C14H11ClF2O2/c1-8(18)9-5-6-12(11(16)7-9)19-13-4-2-3-10(15)14(13)17/h2-8,18H,1H3/t8-/m1/s1. The first-order valence-corrected chi connectivity index (χ1v) is 5.96. The van der Waals surface area contributed by atoms with E-state index in [1.165, 1.54) is 37.3 Å². The summed E-state index contributed by atoms with van der Waals surface area (Å²) in [7, 11) is 0. The number of halogens is 3. The van der Waals surface area contributed by atoms with Gasteiger partial charge in [0.1, 0.15) is 0 Å². The zero-order valence-electron chi connectivity index (χ0n) is 10.0. The highest BCUT2D eigenvalue weighted by Gasteiger charge is 2.12. The number of hydrogen-bond acceptors (Lipinski definition) is 2. The lowest BCUT2D eigenvalue weighted by atomic mass is 10.1. The van der Waals surface area contributed by atoms with E-state index in [0.29, 0.717) is 5.56 Å². The highest BCUT2D eigenvalue weighted by atomic mass is 35.5. The summed E-state index contributed by atoms with van der Waals surface area (Å²) in [5.74, 6) is -1.72. The van der Waals surface area contributed by atoms with Crippen LogP contribution in [0.2, 0.25) is 5.02 Å². The van der Waals surface area contributed by atoms with Crippen LogP contribution >= 0.6 is 11.6 Å². The van der Waals surface area contributed by atoms with Gasteiger partial charge in [0.2, 0.25) is 0 Å². The Kier molecular flexibility index (Phi) is 4.02. The van der Waals surface area contributed by atoms with Crippen LogP contribution in [-0.2, 0) is 0 Å². The van der Waals surface area contributed by atoms with Gasteiger partial charge in [-0.3, -0.25) is 0 Å². The fourth-order valence-electron chi connectivity index (χ4n) is 1.54. The predicted octanol–water partition coefficient (Wildman–Crippen LogP) is 4.46. The van der Waals surface area contributed by atoms with Gasteiger partial charge in [-0.15, -0.1) is 0 Å². The SMILES string of the molecule is C[C@@H](O)c1ccc(Oc2cccc(Cl)c2F)c(F)c1. The average molecular weight is 285 g/mol. The summed E-state index contributed by atoms with van der Waals surface area (Å²) in [6.45, 7) is 1.52. The van der Waals surface area contributed by atoms with Gasteiger partial charge in [0.05, 0.1) is 11.1 Å². The molecule has 0 unspecified atom stereocenters. The molecule has 2 nitrogen and oxygen atoms in total. The Bertz CT molecular complexity index is 600. The van der Waals surface area contributed by atoms with Gasteiger partial charge in [0.15, 0.2) is 23.1 Å². The minimum Gasteiger partial charge on any atom is -0.451 e. The molecule has 0 saturated carbocycles. The van der Waals surface area contributed by atoms with E-state index >= 15 is 0 Å². The second-order valence-electron chi connectivity index (χ2n) is 4.02. The third-order valence-electron chi connectivity index (χ3n) is 2.57. The molecule has 1 atom stereocenters. The van der Waals surface area contributed by atoms with Crippen molar-refractivity contribution in [2.75, 3.05) is 0 Å². The molecule has 0 spiro atoms. The molecule has 0 aliphatic carbocycles. The Hall–Kier alpha value is -1.65. The highest BCUT2D eigenvalue weighted by molar-refractivity contribution is 6.30. The Morgan fingerprint density at radius 3 is 2.53 bits per heavy atom. The smallest absolute Gasteiger partial charge is 0.184 e. The van der Waals surface area contributed by atoms with E-state index < -0.39 is 17.7 Å². The molecule has 0 fully saturated rings. The summed E-state index contributed by atoms with van der Waals surface area (Å²) in [6.07, 6.45) is -0.786. The van der Waals surface area contributed by atoms with Crippen LogP contribution in [0.5, 0.6) is 11.5 Å². The molecule has 0 aliphatic rings. The molecule has 100 valence electrons. The van der Waals surface area contributed by atoms with Crippen LogP contribution in [0.1, 0.15) is 18.6 Å². The predicted molar refractivity (Wildman–Crippen MR) is 68.5 cm³/mol. The molecule has 0 saturated heterocycles. The van der Waals surface area contributed by atoms with E-state index in [1.54, 1.807) is 0 Å². The number of benzene rings is 2. The summed E-state index contributed by atoms with van der Waals surface area (Å²) >= 11 is 5.60. The molecule has 2 rings (SSSR count). The van der Waals surface area contributed by atoms with Gasteiger partial charge in [-0.1, -0.05) is 23.7 Å². The number of hydrogen-bond donors (Lipinski definition) is 1. The molecule has 5 heteroatoms. The van der Waals surface area contributed by atoms with Gasteiger partial charge < -0.3 is 9.84 Å². The van der Waals surface area contributed by atoms with E-state index in [4.69, 9.17) is 16.3 Å². The van der Waals surface area contributed by atoms with Crippen molar-refractivity contribution in [3.63, 3.8) is 0 Å². The first-order chi connectivity index (χ1) is 8.99. The van der Waals surface area contributed by atoms with Crippen LogP contribution in [0.4, 0.5) is 8.78 Å². The Balaban J connectivity index is 2.31. The zero-order valence-corrected chi connectivity index (χ0v) is 10.8. The molecule has 1 N–H and O–H groups in total. The van der Waals surface area contributed by atoms with E-state index in [1.807, 2.05) is 0 Å². The average Bonchev–Trinajstić information content (AvgIpc) is 2.37. The lowest BCUT2D eigenvalue weighted by Gasteiger charge is -2.10. The van der Waals surface area contributed by atoms with Gasteiger partial charge in [-0.25, -0.2) is 8.78 Å². The van der Waals surface area contributed by atoms with Crippen molar-refractivity contribution in [1.29, 1.82) is 0 Å². The molecule has 0 aliphatic heterocycles. The molecule has 0 amide bonds. The summed E-state index contributed by atoms with van der Waals surface area (Å²) in [6, 6.07) is 8.20. The van der Waals surface area contributed by atoms with Crippen molar-refractivity contribution >= 4 is 11.6 Å². The van der Waals surface area contributed by atoms with Crippen molar-refractivity contribution in [2.24, 2.45) is 0 Å². The zero-order chi connectivity index (χ0) is 14.0. The highest BCUT2D eigenvalue weighted by Crippen LogP contribution is 2.31. The lowest BCUT2D eigenvalue weighted by Crippen LogP contribution is -1.95. The van der Waals surface area contributed by atoms with Crippen LogP contribution in [0, 0.1) is 11.6 Å². The monoisotopic (exact) mass is 284 g/mol. The van der Waals surface area contributed by atoms with Gasteiger partial charge in [0.25, 0.3) is 0 Å². The molecule has 19 heavy (non-hydrogen) atoms. The molecule has 0 heterocycles. The second kappa shape index (κ2) is 5.55. The topological polar surface area (TPSA) is 29.5 Å². The number of rotatable bonds is 3. The number of aliphatic hydroxyl groups is 1. The van der Waals surface area contributed by atoms with Crippen LogP contribution in [0.25, 0.3) is 0 Å². The fourth-order valence-corrected chi connectivity index (χ4v) is 1.71. The fraction of sp³-hybridized carbons (Fsp3) is 0.143. The van der Waals surface area contributed by atoms with Crippen molar-refractivity contribution in [1.82, 2.24) is 0 Å². The van der Waals surface area contributed by atoms with Crippen LogP contribution in [-0.4, -0.2) is 5.11 Å². The van der Waals surface area contributed by atoms with Gasteiger partial charge in [-0.2, -0.15) is 0 Å². The molecule has 0 radical (unpaired) electrons. The van der Waals surface area contributed by atoms with Crippen molar-refractivity contribution in [3.8, 4) is 11.5 Å². The maximum atomic E-state index is 13.7. The molecular weight excluding hydrogens is 274 g/mol. The molecule has 0 aromatic heterocycles. The first-order valence-electron chi connectivity index (χ1n) is 5.58. The maximum absolute atomic E-state index is 13.7. The van der Waals surface area contributed by atoms with Crippen molar-refractivity contribution in [2.45, 2.75) is 13.0 Å². The number of aliphatic hydroxyl groups excluding tert-OH is 1. The summed E-state index contributed by atoms with van der Waals surface area (Å²) < 4.78 is 32.5. The minimum absolute atomic E-state index is 0.0986. The quantitative estimate of drug-likeness (QED) is 0.901. The third-order valence-corrected chi connectivity index (χ3v) is 2.87. The van der Waals surface area contributed by atoms with E-state index in [0.717, 1.165) is 6.07 Å². The first kappa shape index (κ1) is 13.8. The Morgan fingerprint density at radius 1 is 1.16 bits per heavy atom. The van der Waals surface area contributed by atoms with Crippen LogP contribution < -0.4 is 4.74 Å². The van der Waals surface area contributed by atoms with E-state index in [9.17, 15) is 13.9 Å². The molecule has 0 bridgehead atoms. The van der Waals surface area contributed by atoms with Crippen LogP contribution in [0.15, 0.2) is 36.4 Å². The summed E-state index contributed by atoms with van der Waals surface area (Å²) in [5, 5.41) is 9.23. The van der Waals surface area contributed by atoms with Gasteiger partial charge in [0, 0.05) is 0 Å².